The SMILES string of the molecule is O=C(O)CN(Cc1cccc(I)c1)C(=O)c1cc(-c2ccccc2)n(-c2ccccc2)n1. The number of halogens is 1. The fraction of sp³-hybridized carbons (Fsp3) is 0.0800. The molecule has 4 rings (SSSR count). The number of aromatic nitrogens is 2. The van der Waals surface area contributed by atoms with Gasteiger partial charge in [-0.3, -0.25) is 9.59 Å². The average Bonchev–Trinajstić information content (AvgIpc) is 3.25. The first-order chi connectivity index (χ1) is 15.5. The van der Waals surface area contributed by atoms with Crippen molar-refractivity contribution in [3.8, 4) is 16.9 Å². The van der Waals surface area contributed by atoms with Gasteiger partial charge in [-0.15, -0.1) is 0 Å². The molecule has 0 aliphatic rings. The van der Waals surface area contributed by atoms with Gasteiger partial charge in [0.2, 0.25) is 0 Å². The summed E-state index contributed by atoms with van der Waals surface area (Å²) in [6.45, 7) is -0.232. The Morgan fingerprint density at radius 2 is 1.59 bits per heavy atom. The van der Waals surface area contributed by atoms with Crippen LogP contribution in [0.25, 0.3) is 16.9 Å². The molecule has 1 aromatic heterocycles. The van der Waals surface area contributed by atoms with Crippen LogP contribution in [0.4, 0.5) is 0 Å². The van der Waals surface area contributed by atoms with Crippen LogP contribution in [0.1, 0.15) is 16.1 Å². The average molecular weight is 537 g/mol. The van der Waals surface area contributed by atoms with Gasteiger partial charge in [0, 0.05) is 15.7 Å². The van der Waals surface area contributed by atoms with Crippen LogP contribution >= 0.6 is 22.6 Å². The lowest BCUT2D eigenvalue weighted by Crippen LogP contribution is -2.35. The van der Waals surface area contributed by atoms with Crippen molar-refractivity contribution in [2.24, 2.45) is 0 Å². The molecule has 1 N–H and O–H groups in total. The zero-order chi connectivity index (χ0) is 22.5. The molecule has 0 bridgehead atoms. The number of hydrogen-bond donors (Lipinski definition) is 1. The zero-order valence-electron chi connectivity index (χ0n) is 17.1. The van der Waals surface area contributed by atoms with Crippen LogP contribution in [0.15, 0.2) is 91.0 Å². The topological polar surface area (TPSA) is 75.4 Å². The largest absolute Gasteiger partial charge is 0.480 e. The number of carboxylic acid groups (broad SMARTS) is 1. The maximum absolute atomic E-state index is 13.4. The minimum Gasteiger partial charge on any atom is -0.480 e. The number of carbonyl (C=O) groups excluding carboxylic acids is 1. The Morgan fingerprint density at radius 3 is 2.25 bits per heavy atom. The van der Waals surface area contributed by atoms with Crippen molar-refractivity contribution in [1.29, 1.82) is 0 Å². The monoisotopic (exact) mass is 537 g/mol. The van der Waals surface area contributed by atoms with Crippen molar-refractivity contribution in [1.82, 2.24) is 14.7 Å². The number of aliphatic carboxylic acids is 1. The fourth-order valence-corrected chi connectivity index (χ4v) is 4.05. The van der Waals surface area contributed by atoms with E-state index < -0.39 is 18.4 Å². The summed E-state index contributed by atoms with van der Waals surface area (Å²) in [6, 6.07) is 28.6. The molecule has 3 aromatic carbocycles. The van der Waals surface area contributed by atoms with Crippen LogP contribution in [0.2, 0.25) is 0 Å². The third-order valence-corrected chi connectivity index (χ3v) is 5.55. The molecule has 0 spiro atoms. The predicted octanol–water partition coefficient (Wildman–Crippen LogP) is 4.87. The van der Waals surface area contributed by atoms with Crippen molar-refractivity contribution in [2.75, 3.05) is 6.54 Å². The molecule has 0 atom stereocenters. The lowest BCUT2D eigenvalue weighted by molar-refractivity contribution is -0.137. The molecular weight excluding hydrogens is 517 g/mol. The van der Waals surface area contributed by atoms with Crippen molar-refractivity contribution < 1.29 is 14.7 Å². The third kappa shape index (κ3) is 5.05. The molecule has 4 aromatic rings. The molecular formula is C25H20IN3O3. The van der Waals surface area contributed by atoms with Gasteiger partial charge >= 0.3 is 5.97 Å². The Kier molecular flexibility index (Phi) is 6.65. The minimum absolute atomic E-state index is 0.181. The Bertz CT molecular complexity index is 1180. The number of hydrogen-bond acceptors (Lipinski definition) is 3. The molecule has 6 nitrogen and oxygen atoms in total. The molecule has 0 fully saturated rings. The van der Waals surface area contributed by atoms with Crippen LogP contribution in [-0.4, -0.2) is 38.2 Å². The van der Waals surface area contributed by atoms with E-state index in [-0.39, 0.29) is 12.2 Å². The highest BCUT2D eigenvalue weighted by Gasteiger charge is 2.24. The highest BCUT2D eigenvalue weighted by Crippen LogP contribution is 2.25. The first-order valence-electron chi connectivity index (χ1n) is 9.97. The maximum Gasteiger partial charge on any atom is 0.323 e. The normalized spacial score (nSPS) is 10.7. The molecule has 32 heavy (non-hydrogen) atoms. The summed E-state index contributed by atoms with van der Waals surface area (Å²) < 4.78 is 2.73. The molecule has 0 aliphatic heterocycles. The van der Waals surface area contributed by atoms with E-state index in [1.54, 1.807) is 10.7 Å². The van der Waals surface area contributed by atoms with E-state index in [4.69, 9.17) is 0 Å². The van der Waals surface area contributed by atoms with Crippen LogP contribution in [0.5, 0.6) is 0 Å². The Morgan fingerprint density at radius 1 is 0.906 bits per heavy atom. The van der Waals surface area contributed by atoms with E-state index in [1.807, 2.05) is 84.9 Å². The number of rotatable bonds is 7. The molecule has 7 heteroatoms. The fourth-order valence-electron chi connectivity index (χ4n) is 3.45. The first-order valence-corrected chi connectivity index (χ1v) is 11.1. The number of benzene rings is 3. The van der Waals surface area contributed by atoms with Gasteiger partial charge in [-0.05, 0) is 58.5 Å². The Hall–Kier alpha value is -3.46. The highest BCUT2D eigenvalue weighted by atomic mass is 127. The third-order valence-electron chi connectivity index (χ3n) is 4.87. The van der Waals surface area contributed by atoms with Crippen molar-refractivity contribution in [2.45, 2.75) is 6.54 Å². The molecule has 0 unspecified atom stereocenters. The molecule has 1 heterocycles. The quantitative estimate of drug-likeness (QED) is 0.342. The van der Waals surface area contributed by atoms with Gasteiger partial charge in [-0.2, -0.15) is 5.10 Å². The second-order valence-corrected chi connectivity index (χ2v) is 8.46. The van der Waals surface area contributed by atoms with E-state index in [1.165, 1.54) is 4.90 Å². The summed E-state index contributed by atoms with van der Waals surface area (Å²) in [5.41, 5.74) is 3.53. The molecule has 0 aliphatic carbocycles. The predicted molar refractivity (Wildman–Crippen MR) is 131 cm³/mol. The Balaban J connectivity index is 1.74. The Labute approximate surface area is 199 Å². The van der Waals surface area contributed by atoms with Gasteiger partial charge in [0.25, 0.3) is 5.91 Å². The minimum atomic E-state index is -1.07. The lowest BCUT2D eigenvalue weighted by Gasteiger charge is -2.20. The van der Waals surface area contributed by atoms with Crippen molar-refractivity contribution >= 4 is 34.5 Å². The van der Waals surface area contributed by atoms with Gasteiger partial charge in [-0.1, -0.05) is 60.7 Å². The van der Waals surface area contributed by atoms with Crippen LogP contribution in [0.3, 0.4) is 0 Å². The molecule has 0 saturated heterocycles. The summed E-state index contributed by atoms with van der Waals surface area (Å²) in [7, 11) is 0. The van der Waals surface area contributed by atoms with Gasteiger partial charge in [0.1, 0.15) is 6.54 Å². The number of carboxylic acids is 1. The maximum atomic E-state index is 13.4. The molecule has 160 valence electrons. The zero-order valence-corrected chi connectivity index (χ0v) is 19.2. The number of amides is 1. The van der Waals surface area contributed by atoms with Gasteiger partial charge < -0.3 is 10.0 Å². The lowest BCUT2D eigenvalue weighted by atomic mass is 10.1. The summed E-state index contributed by atoms with van der Waals surface area (Å²) in [5, 5.41) is 14.0. The van der Waals surface area contributed by atoms with Gasteiger partial charge in [-0.25, -0.2) is 4.68 Å². The highest BCUT2D eigenvalue weighted by molar-refractivity contribution is 14.1. The molecule has 0 radical (unpaired) electrons. The van der Waals surface area contributed by atoms with E-state index >= 15 is 0 Å². The smallest absolute Gasteiger partial charge is 0.323 e. The van der Waals surface area contributed by atoms with E-state index in [0.29, 0.717) is 0 Å². The molecule has 0 saturated carbocycles. The number of para-hydroxylation sites is 1. The van der Waals surface area contributed by atoms with Gasteiger partial charge in [0.05, 0.1) is 11.4 Å². The van der Waals surface area contributed by atoms with Crippen LogP contribution in [-0.2, 0) is 11.3 Å². The van der Waals surface area contributed by atoms with Crippen LogP contribution < -0.4 is 0 Å². The summed E-state index contributed by atoms with van der Waals surface area (Å²) >= 11 is 2.19. The van der Waals surface area contributed by atoms with E-state index in [2.05, 4.69) is 27.7 Å². The second-order valence-electron chi connectivity index (χ2n) is 7.21. The van der Waals surface area contributed by atoms with Crippen molar-refractivity contribution in [3.05, 3.63) is 106 Å². The first kappa shape index (κ1) is 21.8. The van der Waals surface area contributed by atoms with Gasteiger partial charge in [0.15, 0.2) is 5.69 Å². The van der Waals surface area contributed by atoms with E-state index in [0.717, 1.165) is 26.1 Å². The van der Waals surface area contributed by atoms with Crippen molar-refractivity contribution in [3.63, 3.8) is 0 Å². The summed E-state index contributed by atoms with van der Waals surface area (Å²) in [4.78, 5) is 26.2. The second kappa shape index (κ2) is 9.78. The van der Waals surface area contributed by atoms with Crippen LogP contribution in [0, 0.1) is 3.57 Å². The molecule has 1 amide bonds. The number of carbonyl (C=O) groups is 2. The standard InChI is InChI=1S/C25H20IN3O3/c26-20-11-7-8-18(14-20)16-28(17-24(30)31)25(32)22-15-23(19-9-3-1-4-10-19)29(27-22)21-12-5-2-6-13-21/h1-15H,16-17H2,(H,30,31). The number of nitrogens with zero attached hydrogens (tertiary/aromatic N) is 3. The summed E-state index contributed by atoms with van der Waals surface area (Å²) in [6.07, 6.45) is 0. The summed E-state index contributed by atoms with van der Waals surface area (Å²) in [5.74, 6) is -1.51. The van der Waals surface area contributed by atoms with E-state index in [9.17, 15) is 14.7 Å².